The lowest BCUT2D eigenvalue weighted by molar-refractivity contribution is 0.666. The van der Waals surface area contributed by atoms with E-state index in [2.05, 4.69) is 208 Å². The van der Waals surface area contributed by atoms with Crippen molar-refractivity contribution in [3.8, 4) is 67.3 Å². The topological polar surface area (TPSA) is 25.8 Å². The molecule has 0 N–H and O–H groups in total. The van der Waals surface area contributed by atoms with E-state index >= 15 is 0 Å². The highest BCUT2D eigenvalue weighted by Gasteiger charge is 2.37. The highest BCUT2D eigenvalue weighted by atomic mass is 14.9. The summed E-state index contributed by atoms with van der Waals surface area (Å²) in [5, 5.41) is 7.35. The second-order valence-corrected chi connectivity index (χ2v) is 15.7. The number of fused-ring (bicyclic) bond motifs is 7. The van der Waals surface area contributed by atoms with Gasteiger partial charge in [-0.05, 0) is 89.0 Å². The van der Waals surface area contributed by atoms with E-state index in [0.717, 1.165) is 33.5 Å². The Balaban J connectivity index is 1.07. The normalized spacial score (nSPS) is 12.9. The van der Waals surface area contributed by atoms with Crippen molar-refractivity contribution in [2.45, 2.75) is 19.3 Å². The van der Waals surface area contributed by atoms with Crippen molar-refractivity contribution in [2.24, 2.45) is 0 Å². The Morgan fingerprint density at radius 3 is 1.61 bits per heavy atom. The van der Waals surface area contributed by atoms with E-state index in [9.17, 15) is 0 Å². The molecule has 11 rings (SSSR count). The minimum absolute atomic E-state index is 0.0929. The molecule has 0 bridgehead atoms. The van der Waals surface area contributed by atoms with Crippen LogP contribution in [0.5, 0.6) is 0 Å². The molecular formula is C55H38N2. The molecule has 0 saturated carbocycles. The van der Waals surface area contributed by atoms with E-state index in [1.165, 1.54) is 71.4 Å². The number of nitrogens with zero attached hydrogens (tertiary/aromatic N) is 2. The zero-order valence-corrected chi connectivity index (χ0v) is 31.9. The van der Waals surface area contributed by atoms with Crippen molar-refractivity contribution in [1.82, 2.24) is 9.97 Å². The lowest BCUT2D eigenvalue weighted by atomic mass is 9.80. The standard InChI is InChI=1S/C55H38N2/c1-55(2)50-32-28-40(33-49(50)48-29-27-38-16-7-9-19-43(38)53(48)55)42-30-31-47(45-21-11-10-20-44(42)45)52-34-51(46-22-12-17-37-15-6-8-18-41(37)46)56-54(57-52)39-25-23-36(24-26-39)35-13-4-3-5-14-35/h3-34H,1-2H3. The smallest absolute Gasteiger partial charge is 0.160 e. The van der Waals surface area contributed by atoms with Crippen molar-refractivity contribution in [3.63, 3.8) is 0 Å². The maximum atomic E-state index is 5.34. The van der Waals surface area contributed by atoms with Crippen molar-refractivity contribution >= 4 is 32.3 Å². The minimum Gasteiger partial charge on any atom is -0.228 e. The minimum atomic E-state index is -0.0929. The Kier molecular flexibility index (Phi) is 7.55. The molecule has 0 spiro atoms. The summed E-state index contributed by atoms with van der Waals surface area (Å²) in [6.45, 7) is 4.74. The molecule has 268 valence electrons. The molecule has 1 aromatic heterocycles. The third kappa shape index (κ3) is 5.40. The summed E-state index contributed by atoms with van der Waals surface area (Å²) < 4.78 is 0. The summed E-state index contributed by atoms with van der Waals surface area (Å²) in [6.07, 6.45) is 0. The third-order valence-electron chi connectivity index (χ3n) is 12.1. The summed E-state index contributed by atoms with van der Waals surface area (Å²) in [4.78, 5) is 10.6. The first-order valence-electron chi connectivity index (χ1n) is 19.7. The second-order valence-electron chi connectivity index (χ2n) is 15.7. The van der Waals surface area contributed by atoms with Crippen LogP contribution in [0.1, 0.15) is 25.0 Å². The average molecular weight is 727 g/mol. The average Bonchev–Trinajstić information content (AvgIpc) is 3.51. The highest BCUT2D eigenvalue weighted by Crippen LogP contribution is 2.52. The van der Waals surface area contributed by atoms with Gasteiger partial charge in [0.2, 0.25) is 0 Å². The summed E-state index contributed by atoms with van der Waals surface area (Å²) in [5.41, 5.74) is 15.1. The fourth-order valence-corrected chi connectivity index (χ4v) is 9.30. The Labute approximate surface area is 332 Å². The predicted molar refractivity (Wildman–Crippen MR) is 239 cm³/mol. The van der Waals surface area contributed by atoms with Crippen LogP contribution in [0.3, 0.4) is 0 Å². The molecule has 0 atom stereocenters. The molecule has 0 amide bonds. The first kappa shape index (κ1) is 33.2. The molecule has 0 aliphatic heterocycles. The zero-order valence-electron chi connectivity index (χ0n) is 31.9. The fraction of sp³-hybridized carbons (Fsp3) is 0.0545. The fourth-order valence-electron chi connectivity index (χ4n) is 9.30. The molecular weight excluding hydrogens is 689 g/mol. The van der Waals surface area contributed by atoms with E-state index in [-0.39, 0.29) is 5.41 Å². The maximum absolute atomic E-state index is 5.34. The summed E-state index contributed by atoms with van der Waals surface area (Å²) >= 11 is 0. The van der Waals surface area contributed by atoms with Gasteiger partial charge in [-0.15, -0.1) is 0 Å². The number of hydrogen-bond acceptors (Lipinski definition) is 2. The van der Waals surface area contributed by atoms with Crippen LogP contribution in [0, 0.1) is 0 Å². The third-order valence-corrected chi connectivity index (χ3v) is 12.1. The first-order valence-corrected chi connectivity index (χ1v) is 19.7. The predicted octanol–water partition coefficient (Wildman–Crippen LogP) is 14.6. The summed E-state index contributed by atoms with van der Waals surface area (Å²) in [5.74, 6) is 0.704. The van der Waals surface area contributed by atoms with Crippen molar-refractivity contribution in [2.75, 3.05) is 0 Å². The summed E-state index contributed by atoms with van der Waals surface area (Å²) in [6, 6.07) is 70.1. The zero-order chi connectivity index (χ0) is 38.1. The molecule has 0 radical (unpaired) electrons. The molecule has 10 aromatic rings. The number of rotatable bonds is 5. The lowest BCUT2D eigenvalue weighted by Gasteiger charge is -2.23. The Morgan fingerprint density at radius 2 is 0.860 bits per heavy atom. The molecule has 9 aromatic carbocycles. The molecule has 2 nitrogen and oxygen atoms in total. The van der Waals surface area contributed by atoms with Crippen molar-refractivity contribution in [1.29, 1.82) is 0 Å². The first-order chi connectivity index (χ1) is 28.0. The van der Waals surface area contributed by atoms with E-state index in [1.54, 1.807) is 0 Å². The Hall–Kier alpha value is -7.16. The molecule has 2 heteroatoms. The van der Waals surface area contributed by atoms with Crippen molar-refractivity contribution < 1.29 is 0 Å². The van der Waals surface area contributed by atoms with Gasteiger partial charge < -0.3 is 0 Å². The van der Waals surface area contributed by atoms with Gasteiger partial charge in [-0.25, -0.2) is 9.97 Å². The van der Waals surface area contributed by atoms with Gasteiger partial charge in [0.05, 0.1) is 11.4 Å². The van der Waals surface area contributed by atoms with Crippen LogP contribution in [0.25, 0.3) is 99.6 Å². The van der Waals surface area contributed by atoms with Gasteiger partial charge in [-0.1, -0.05) is 196 Å². The second kappa shape index (κ2) is 13.0. The lowest BCUT2D eigenvalue weighted by Crippen LogP contribution is -2.15. The molecule has 1 aliphatic carbocycles. The van der Waals surface area contributed by atoms with Crippen LogP contribution in [-0.2, 0) is 5.41 Å². The van der Waals surface area contributed by atoms with E-state index in [4.69, 9.17) is 9.97 Å². The monoisotopic (exact) mass is 726 g/mol. The van der Waals surface area contributed by atoms with E-state index in [0.29, 0.717) is 5.82 Å². The van der Waals surface area contributed by atoms with E-state index in [1.807, 2.05) is 0 Å². The molecule has 1 aliphatic rings. The molecule has 0 saturated heterocycles. The van der Waals surface area contributed by atoms with Crippen LogP contribution >= 0.6 is 0 Å². The highest BCUT2D eigenvalue weighted by molar-refractivity contribution is 6.06. The number of benzene rings is 9. The van der Waals surface area contributed by atoms with Crippen LogP contribution in [0.2, 0.25) is 0 Å². The molecule has 0 unspecified atom stereocenters. The largest absolute Gasteiger partial charge is 0.228 e. The van der Waals surface area contributed by atoms with Gasteiger partial charge in [-0.2, -0.15) is 0 Å². The molecule has 1 heterocycles. The quantitative estimate of drug-likeness (QED) is 0.176. The van der Waals surface area contributed by atoms with Crippen LogP contribution < -0.4 is 0 Å². The number of hydrogen-bond donors (Lipinski definition) is 0. The van der Waals surface area contributed by atoms with Gasteiger partial charge in [0, 0.05) is 22.1 Å². The molecule has 57 heavy (non-hydrogen) atoms. The van der Waals surface area contributed by atoms with Gasteiger partial charge in [-0.3, -0.25) is 0 Å². The Bertz CT molecular complexity index is 3190. The Morgan fingerprint density at radius 1 is 0.333 bits per heavy atom. The van der Waals surface area contributed by atoms with Crippen LogP contribution in [0.15, 0.2) is 194 Å². The van der Waals surface area contributed by atoms with Gasteiger partial charge in [0.1, 0.15) is 0 Å². The molecule has 0 fully saturated rings. The van der Waals surface area contributed by atoms with Gasteiger partial charge in [0.25, 0.3) is 0 Å². The maximum Gasteiger partial charge on any atom is 0.160 e. The van der Waals surface area contributed by atoms with E-state index < -0.39 is 0 Å². The van der Waals surface area contributed by atoms with Crippen LogP contribution in [0.4, 0.5) is 0 Å². The van der Waals surface area contributed by atoms with Gasteiger partial charge in [0.15, 0.2) is 5.82 Å². The SMILES string of the molecule is CC1(C)c2ccc(-c3ccc(-c4cc(-c5cccc6ccccc56)nc(-c5ccc(-c6ccccc6)cc5)n4)c4ccccc34)cc2-c2ccc3ccccc3c21. The number of aromatic nitrogens is 2. The summed E-state index contributed by atoms with van der Waals surface area (Å²) in [7, 11) is 0. The van der Waals surface area contributed by atoms with Crippen LogP contribution in [-0.4, -0.2) is 9.97 Å². The van der Waals surface area contributed by atoms with Gasteiger partial charge >= 0.3 is 0 Å². The van der Waals surface area contributed by atoms with Crippen molar-refractivity contribution in [3.05, 3.63) is 205 Å².